The van der Waals surface area contributed by atoms with Crippen LogP contribution in [0, 0.1) is 11.6 Å². The zero-order chi connectivity index (χ0) is 14.5. The Bertz CT molecular complexity index is 631. The molecular formula is C15H11ClF2OS. The zero-order valence-electron chi connectivity index (χ0n) is 10.4. The van der Waals surface area contributed by atoms with Crippen LogP contribution in [0.15, 0.2) is 47.4 Å². The second-order valence-electron chi connectivity index (χ2n) is 4.17. The van der Waals surface area contributed by atoms with Crippen molar-refractivity contribution in [3.05, 3.63) is 64.7 Å². The molecule has 0 spiro atoms. The van der Waals surface area contributed by atoms with Crippen molar-refractivity contribution in [2.75, 3.05) is 5.75 Å². The Balaban J connectivity index is 1.94. The second kappa shape index (κ2) is 6.86. The van der Waals surface area contributed by atoms with Gasteiger partial charge in [0.25, 0.3) is 0 Å². The fourth-order valence-electron chi connectivity index (χ4n) is 1.65. The highest BCUT2D eigenvalue weighted by molar-refractivity contribution is 8.00. The van der Waals surface area contributed by atoms with E-state index in [0.717, 1.165) is 17.0 Å². The molecule has 104 valence electrons. The van der Waals surface area contributed by atoms with E-state index in [1.54, 1.807) is 6.07 Å². The Morgan fingerprint density at radius 2 is 1.90 bits per heavy atom. The van der Waals surface area contributed by atoms with Gasteiger partial charge in [-0.1, -0.05) is 29.8 Å². The third-order valence-corrected chi connectivity index (χ3v) is 4.20. The Hall–Kier alpha value is -1.39. The summed E-state index contributed by atoms with van der Waals surface area (Å²) in [6.07, 6.45) is -0.0520. The average Bonchev–Trinajstić information content (AvgIpc) is 2.41. The first-order chi connectivity index (χ1) is 9.56. The van der Waals surface area contributed by atoms with Crippen molar-refractivity contribution in [3.8, 4) is 0 Å². The first-order valence-electron chi connectivity index (χ1n) is 5.89. The Kier molecular flexibility index (Phi) is 5.15. The van der Waals surface area contributed by atoms with Gasteiger partial charge < -0.3 is 0 Å². The number of ketones is 1. The maximum absolute atomic E-state index is 13.4. The molecule has 0 radical (unpaired) electrons. The Morgan fingerprint density at radius 3 is 2.60 bits per heavy atom. The maximum Gasteiger partial charge on any atom is 0.147 e. The molecule has 2 aromatic carbocycles. The quantitative estimate of drug-likeness (QED) is 0.755. The summed E-state index contributed by atoms with van der Waals surface area (Å²) in [5.74, 6) is -1.29. The Labute approximate surface area is 125 Å². The van der Waals surface area contributed by atoms with Crippen molar-refractivity contribution < 1.29 is 13.6 Å². The van der Waals surface area contributed by atoms with Gasteiger partial charge in [0.15, 0.2) is 0 Å². The largest absolute Gasteiger partial charge is 0.298 e. The second-order valence-corrected chi connectivity index (χ2v) is 5.59. The summed E-state index contributed by atoms with van der Waals surface area (Å²) in [7, 11) is 0. The van der Waals surface area contributed by atoms with Crippen LogP contribution in [0.2, 0.25) is 5.02 Å². The van der Waals surface area contributed by atoms with Crippen LogP contribution in [0.25, 0.3) is 0 Å². The zero-order valence-corrected chi connectivity index (χ0v) is 12.0. The fraction of sp³-hybridized carbons (Fsp3) is 0.133. The number of halogens is 3. The van der Waals surface area contributed by atoms with Gasteiger partial charge in [0.2, 0.25) is 0 Å². The van der Waals surface area contributed by atoms with Crippen molar-refractivity contribution in [1.82, 2.24) is 0 Å². The highest BCUT2D eigenvalue weighted by Gasteiger charge is 2.10. The summed E-state index contributed by atoms with van der Waals surface area (Å²) in [6, 6.07) is 10.4. The standard InChI is InChI=1S/C15H11ClF2OS/c16-13-3-1-2-4-15(13)20-9-12(19)7-10-5-6-11(17)8-14(10)18/h1-6,8H,7,9H2. The van der Waals surface area contributed by atoms with E-state index in [4.69, 9.17) is 11.6 Å². The SMILES string of the molecule is O=C(CSc1ccccc1Cl)Cc1ccc(F)cc1F. The fourth-order valence-corrected chi connectivity index (χ4v) is 2.75. The first kappa shape index (κ1) is 15.0. The van der Waals surface area contributed by atoms with E-state index < -0.39 is 11.6 Å². The topological polar surface area (TPSA) is 17.1 Å². The van der Waals surface area contributed by atoms with E-state index in [1.807, 2.05) is 18.2 Å². The van der Waals surface area contributed by atoms with E-state index >= 15 is 0 Å². The number of hydrogen-bond donors (Lipinski definition) is 0. The minimum atomic E-state index is -0.693. The van der Waals surface area contributed by atoms with Gasteiger partial charge in [-0.15, -0.1) is 11.8 Å². The van der Waals surface area contributed by atoms with Gasteiger partial charge in [-0.2, -0.15) is 0 Å². The highest BCUT2D eigenvalue weighted by atomic mass is 35.5. The van der Waals surface area contributed by atoms with Crippen LogP contribution in [-0.2, 0) is 11.2 Å². The molecule has 0 saturated carbocycles. The number of carbonyl (C=O) groups excluding carboxylic acids is 1. The van der Waals surface area contributed by atoms with E-state index in [-0.39, 0.29) is 23.5 Å². The van der Waals surface area contributed by atoms with Crippen molar-refractivity contribution in [2.45, 2.75) is 11.3 Å². The molecule has 2 rings (SSSR count). The minimum Gasteiger partial charge on any atom is -0.298 e. The van der Waals surface area contributed by atoms with Gasteiger partial charge in [0.05, 0.1) is 10.8 Å². The van der Waals surface area contributed by atoms with Gasteiger partial charge >= 0.3 is 0 Å². The monoisotopic (exact) mass is 312 g/mol. The summed E-state index contributed by atoms with van der Waals surface area (Å²) in [5, 5.41) is 0.582. The highest BCUT2D eigenvalue weighted by Crippen LogP contribution is 2.26. The molecule has 0 aliphatic carbocycles. The van der Waals surface area contributed by atoms with Crippen LogP contribution in [0.3, 0.4) is 0 Å². The molecule has 0 aromatic heterocycles. The van der Waals surface area contributed by atoms with Gasteiger partial charge in [-0.3, -0.25) is 4.79 Å². The normalized spacial score (nSPS) is 10.6. The lowest BCUT2D eigenvalue weighted by Crippen LogP contribution is -2.07. The molecule has 0 aliphatic rings. The van der Waals surface area contributed by atoms with E-state index in [0.29, 0.717) is 5.02 Å². The number of carbonyl (C=O) groups is 1. The molecule has 20 heavy (non-hydrogen) atoms. The van der Waals surface area contributed by atoms with E-state index in [9.17, 15) is 13.6 Å². The van der Waals surface area contributed by atoms with Gasteiger partial charge in [0, 0.05) is 17.4 Å². The molecule has 0 amide bonds. The van der Waals surface area contributed by atoms with E-state index in [1.165, 1.54) is 17.8 Å². The third-order valence-electron chi connectivity index (χ3n) is 2.63. The average molecular weight is 313 g/mol. The lowest BCUT2D eigenvalue weighted by Gasteiger charge is -2.04. The molecule has 0 fully saturated rings. The van der Waals surface area contributed by atoms with Crippen LogP contribution in [0.1, 0.15) is 5.56 Å². The van der Waals surface area contributed by atoms with Gasteiger partial charge in [-0.05, 0) is 23.8 Å². The molecule has 0 N–H and O–H groups in total. The predicted molar refractivity (Wildman–Crippen MR) is 77.2 cm³/mol. The molecule has 0 heterocycles. The van der Waals surface area contributed by atoms with Crippen LogP contribution in [-0.4, -0.2) is 11.5 Å². The molecular weight excluding hydrogens is 302 g/mol. The van der Waals surface area contributed by atoms with Crippen LogP contribution in [0.4, 0.5) is 8.78 Å². The first-order valence-corrected chi connectivity index (χ1v) is 7.25. The summed E-state index contributed by atoms with van der Waals surface area (Å²) in [6.45, 7) is 0. The molecule has 0 saturated heterocycles. The molecule has 0 atom stereocenters. The molecule has 0 aliphatic heterocycles. The van der Waals surface area contributed by atoms with Crippen LogP contribution in [0.5, 0.6) is 0 Å². The number of thioether (sulfide) groups is 1. The van der Waals surface area contributed by atoms with Crippen molar-refractivity contribution >= 4 is 29.1 Å². The maximum atomic E-state index is 13.4. The number of benzene rings is 2. The van der Waals surface area contributed by atoms with Crippen molar-refractivity contribution in [2.24, 2.45) is 0 Å². The van der Waals surface area contributed by atoms with Crippen LogP contribution >= 0.6 is 23.4 Å². The Morgan fingerprint density at radius 1 is 1.15 bits per heavy atom. The lowest BCUT2D eigenvalue weighted by atomic mass is 10.1. The molecule has 2 aromatic rings. The van der Waals surface area contributed by atoms with Crippen LogP contribution < -0.4 is 0 Å². The summed E-state index contributed by atoms with van der Waals surface area (Å²) >= 11 is 7.28. The molecule has 1 nitrogen and oxygen atoms in total. The smallest absolute Gasteiger partial charge is 0.147 e. The summed E-state index contributed by atoms with van der Waals surface area (Å²) in [5.41, 5.74) is 0.205. The minimum absolute atomic E-state index is 0.0520. The van der Waals surface area contributed by atoms with E-state index in [2.05, 4.69) is 0 Å². The summed E-state index contributed by atoms with van der Waals surface area (Å²) < 4.78 is 26.2. The van der Waals surface area contributed by atoms with Gasteiger partial charge in [-0.25, -0.2) is 8.78 Å². The molecule has 0 bridgehead atoms. The lowest BCUT2D eigenvalue weighted by molar-refractivity contribution is -0.116. The van der Waals surface area contributed by atoms with Crippen molar-refractivity contribution in [1.29, 1.82) is 0 Å². The predicted octanol–water partition coefficient (Wildman–Crippen LogP) is 4.52. The third kappa shape index (κ3) is 4.05. The molecule has 0 unspecified atom stereocenters. The number of rotatable bonds is 5. The van der Waals surface area contributed by atoms with Crippen molar-refractivity contribution in [3.63, 3.8) is 0 Å². The number of hydrogen-bond acceptors (Lipinski definition) is 2. The summed E-state index contributed by atoms with van der Waals surface area (Å²) in [4.78, 5) is 12.6. The number of Topliss-reactive ketones (excluding diaryl/α,β-unsaturated/α-hetero) is 1. The van der Waals surface area contributed by atoms with Gasteiger partial charge in [0.1, 0.15) is 17.4 Å². The molecule has 5 heteroatoms.